The second kappa shape index (κ2) is 5.91. The van der Waals surface area contributed by atoms with Crippen molar-refractivity contribution in [3.05, 3.63) is 33.8 Å². The maximum atomic E-state index is 12.1. The highest BCUT2D eigenvalue weighted by Crippen LogP contribution is 2.26. The maximum absolute atomic E-state index is 12.1. The van der Waals surface area contributed by atoms with Crippen molar-refractivity contribution in [2.75, 3.05) is 13.1 Å². The lowest BCUT2D eigenvalue weighted by Gasteiger charge is -2.23. The van der Waals surface area contributed by atoms with Gasteiger partial charge in [-0.05, 0) is 32.0 Å². The molecular weight excluding hydrogens is 271 g/mol. The molecule has 1 N–H and O–H groups in total. The molecule has 3 nitrogen and oxygen atoms in total. The van der Waals surface area contributed by atoms with E-state index in [4.69, 9.17) is 23.2 Å². The highest BCUT2D eigenvalue weighted by atomic mass is 35.5. The average molecular weight is 287 g/mol. The molecule has 0 radical (unpaired) electrons. The Labute approximate surface area is 117 Å². The summed E-state index contributed by atoms with van der Waals surface area (Å²) >= 11 is 12.3. The van der Waals surface area contributed by atoms with Crippen LogP contribution in [0.4, 0.5) is 0 Å². The maximum Gasteiger partial charge on any atom is 0.239 e. The summed E-state index contributed by atoms with van der Waals surface area (Å²) in [6.07, 6.45) is 0.943. The predicted molar refractivity (Wildman–Crippen MR) is 74.0 cm³/mol. The van der Waals surface area contributed by atoms with Gasteiger partial charge in [0.2, 0.25) is 5.91 Å². The number of benzene rings is 1. The van der Waals surface area contributed by atoms with Crippen LogP contribution in [0.3, 0.4) is 0 Å². The Morgan fingerprint density at radius 3 is 2.72 bits per heavy atom. The van der Waals surface area contributed by atoms with E-state index in [9.17, 15) is 4.79 Å². The van der Waals surface area contributed by atoms with Crippen LogP contribution in [0.1, 0.15) is 18.9 Å². The molecule has 2 rings (SSSR count). The van der Waals surface area contributed by atoms with Gasteiger partial charge in [-0.25, -0.2) is 0 Å². The minimum atomic E-state index is -0.145. The van der Waals surface area contributed by atoms with Crippen LogP contribution < -0.4 is 5.32 Å². The number of carbonyl (C=O) groups is 1. The van der Waals surface area contributed by atoms with E-state index in [2.05, 4.69) is 5.32 Å². The van der Waals surface area contributed by atoms with Crippen LogP contribution in [0, 0.1) is 0 Å². The van der Waals surface area contributed by atoms with Crippen LogP contribution in [0.5, 0.6) is 0 Å². The van der Waals surface area contributed by atoms with Gasteiger partial charge in [0.05, 0.1) is 6.04 Å². The molecule has 0 bridgehead atoms. The number of halogens is 2. The van der Waals surface area contributed by atoms with Crippen molar-refractivity contribution in [3.63, 3.8) is 0 Å². The Morgan fingerprint density at radius 2 is 2.06 bits per heavy atom. The molecule has 1 unspecified atom stereocenters. The standard InChI is InChI=1S/C13H16Cl2N2O/c1-9-13(18)17(7-3-6-16-9)8-10-11(14)4-2-5-12(10)15/h2,4-5,9,16H,3,6-8H2,1H3. The Kier molecular flexibility index (Phi) is 4.49. The van der Waals surface area contributed by atoms with Gasteiger partial charge in [-0.1, -0.05) is 29.3 Å². The summed E-state index contributed by atoms with van der Waals surface area (Å²) < 4.78 is 0. The smallest absolute Gasteiger partial charge is 0.239 e. The van der Waals surface area contributed by atoms with Gasteiger partial charge in [-0.15, -0.1) is 0 Å². The Balaban J connectivity index is 2.19. The molecule has 1 fully saturated rings. The molecule has 1 saturated heterocycles. The monoisotopic (exact) mass is 286 g/mol. The van der Waals surface area contributed by atoms with E-state index in [-0.39, 0.29) is 11.9 Å². The van der Waals surface area contributed by atoms with E-state index < -0.39 is 0 Å². The van der Waals surface area contributed by atoms with Gasteiger partial charge in [0.25, 0.3) is 0 Å². The molecule has 1 aliphatic rings. The third-order valence-corrected chi connectivity index (χ3v) is 3.86. The second-order valence-corrected chi connectivity index (χ2v) is 5.30. The molecule has 1 amide bonds. The first-order valence-corrected chi connectivity index (χ1v) is 6.80. The van der Waals surface area contributed by atoms with E-state index >= 15 is 0 Å². The largest absolute Gasteiger partial charge is 0.337 e. The Bertz CT molecular complexity index is 430. The van der Waals surface area contributed by atoms with E-state index in [0.717, 1.165) is 25.1 Å². The summed E-state index contributed by atoms with van der Waals surface area (Å²) in [6, 6.07) is 5.26. The molecule has 0 spiro atoms. The number of nitrogens with zero attached hydrogens (tertiary/aromatic N) is 1. The highest BCUT2D eigenvalue weighted by Gasteiger charge is 2.24. The fourth-order valence-electron chi connectivity index (χ4n) is 2.09. The first-order chi connectivity index (χ1) is 8.59. The second-order valence-electron chi connectivity index (χ2n) is 4.49. The van der Waals surface area contributed by atoms with Gasteiger partial charge in [0.15, 0.2) is 0 Å². The molecule has 98 valence electrons. The van der Waals surface area contributed by atoms with Gasteiger partial charge in [0.1, 0.15) is 0 Å². The van der Waals surface area contributed by atoms with E-state index in [1.807, 2.05) is 17.9 Å². The predicted octanol–water partition coefficient (Wildman–Crippen LogP) is 2.70. The zero-order valence-corrected chi connectivity index (χ0v) is 11.8. The summed E-state index contributed by atoms with van der Waals surface area (Å²) in [4.78, 5) is 14.0. The lowest BCUT2D eigenvalue weighted by atomic mass is 10.2. The fourth-order valence-corrected chi connectivity index (χ4v) is 2.61. The molecule has 1 aromatic carbocycles. The quantitative estimate of drug-likeness (QED) is 0.907. The zero-order valence-electron chi connectivity index (χ0n) is 10.2. The van der Waals surface area contributed by atoms with E-state index in [1.54, 1.807) is 12.1 Å². The molecule has 0 aliphatic carbocycles. The van der Waals surface area contributed by atoms with Gasteiger partial charge in [-0.2, -0.15) is 0 Å². The number of carbonyl (C=O) groups excluding carboxylic acids is 1. The molecule has 18 heavy (non-hydrogen) atoms. The van der Waals surface area contributed by atoms with Crippen molar-refractivity contribution in [2.45, 2.75) is 25.9 Å². The van der Waals surface area contributed by atoms with Gasteiger partial charge < -0.3 is 10.2 Å². The molecule has 0 aromatic heterocycles. The minimum absolute atomic E-state index is 0.100. The van der Waals surface area contributed by atoms with Crippen LogP contribution in [0.2, 0.25) is 10.0 Å². The van der Waals surface area contributed by atoms with Crippen molar-refractivity contribution < 1.29 is 4.79 Å². The van der Waals surface area contributed by atoms with Crippen LogP contribution in [0.25, 0.3) is 0 Å². The summed E-state index contributed by atoms with van der Waals surface area (Å²) in [5.41, 5.74) is 0.822. The highest BCUT2D eigenvalue weighted by molar-refractivity contribution is 6.36. The lowest BCUT2D eigenvalue weighted by Crippen LogP contribution is -2.41. The third kappa shape index (κ3) is 2.97. The van der Waals surface area contributed by atoms with Crippen molar-refractivity contribution >= 4 is 29.1 Å². The molecule has 5 heteroatoms. The number of hydrogen-bond acceptors (Lipinski definition) is 2. The summed E-state index contributed by atoms with van der Waals surface area (Å²) in [5, 5.41) is 4.40. The SMILES string of the molecule is CC1NCCCN(Cc2c(Cl)cccc2Cl)C1=O. The molecular formula is C13H16Cl2N2O. The van der Waals surface area contributed by atoms with E-state index in [0.29, 0.717) is 16.6 Å². The van der Waals surface area contributed by atoms with Gasteiger partial charge in [-0.3, -0.25) is 4.79 Å². The summed E-state index contributed by atoms with van der Waals surface area (Å²) in [5.74, 6) is 0.100. The van der Waals surface area contributed by atoms with E-state index in [1.165, 1.54) is 0 Å². The third-order valence-electron chi connectivity index (χ3n) is 3.15. The first-order valence-electron chi connectivity index (χ1n) is 6.04. The first kappa shape index (κ1) is 13.7. The van der Waals surface area contributed by atoms with Crippen LogP contribution in [0.15, 0.2) is 18.2 Å². The summed E-state index contributed by atoms with van der Waals surface area (Å²) in [6.45, 7) is 3.95. The minimum Gasteiger partial charge on any atom is -0.337 e. The van der Waals surface area contributed by atoms with Crippen LogP contribution in [-0.2, 0) is 11.3 Å². The lowest BCUT2D eigenvalue weighted by molar-refractivity contribution is -0.132. The van der Waals surface area contributed by atoms with Crippen LogP contribution >= 0.6 is 23.2 Å². The fraction of sp³-hybridized carbons (Fsp3) is 0.462. The number of hydrogen-bond donors (Lipinski definition) is 1. The van der Waals surface area contributed by atoms with Gasteiger partial charge in [0, 0.05) is 28.7 Å². The molecule has 0 saturated carbocycles. The normalized spacial score (nSPS) is 20.9. The number of rotatable bonds is 2. The van der Waals surface area contributed by atoms with Crippen molar-refractivity contribution in [1.82, 2.24) is 10.2 Å². The topological polar surface area (TPSA) is 32.3 Å². The Morgan fingerprint density at radius 1 is 1.39 bits per heavy atom. The molecule has 1 atom stereocenters. The molecule has 1 aromatic rings. The molecule has 1 aliphatic heterocycles. The van der Waals surface area contributed by atoms with Crippen LogP contribution in [-0.4, -0.2) is 29.9 Å². The number of nitrogens with one attached hydrogen (secondary N) is 1. The number of amides is 1. The van der Waals surface area contributed by atoms with Gasteiger partial charge >= 0.3 is 0 Å². The average Bonchev–Trinajstić information content (AvgIpc) is 2.49. The van der Waals surface area contributed by atoms with Crippen molar-refractivity contribution in [2.24, 2.45) is 0 Å². The van der Waals surface area contributed by atoms with Crippen molar-refractivity contribution in [1.29, 1.82) is 0 Å². The molecule has 1 heterocycles. The van der Waals surface area contributed by atoms with Crippen molar-refractivity contribution in [3.8, 4) is 0 Å². The summed E-state index contributed by atoms with van der Waals surface area (Å²) in [7, 11) is 0. The zero-order chi connectivity index (χ0) is 13.1. The Hall–Kier alpha value is -0.770.